The van der Waals surface area contributed by atoms with E-state index in [1.54, 1.807) is 11.8 Å². The van der Waals surface area contributed by atoms with Crippen molar-refractivity contribution in [2.75, 3.05) is 30.7 Å². The SMILES string of the molecule is CCCSc1ccccc1NC(=O)NCC12CCCN1CCC2. The molecule has 0 bridgehead atoms. The van der Waals surface area contributed by atoms with Gasteiger partial charge < -0.3 is 10.6 Å². The van der Waals surface area contributed by atoms with E-state index in [0.29, 0.717) is 0 Å². The number of benzene rings is 1. The maximum Gasteiger partial charge on any atom is 0.319 e. The zero-order valence-corrected chi connectivity index (χ0v) is 14.8. The first-order valence-corrected chi connectivity index (χ1v) is 9.74. The third-order valence-electron chi connectivity index (χ3n) is 4.99. The summed E-state index contributed by atoms with van der Waals surface area (Å²) >= 11 is 1.80. The number of nitrogens with one attached hydrogen (secondary N) is 2. The Bertz CT molecular complexity index is 539. The second-order valence-electron chi connectivity index (χ2n) is 6.57. The van der Waals surface area contributed by atoms with Crippen LogP contribution in [0.5, 0.6) is 0 Å². The fourth-order valence-corrected chi connectivity index (χ4v) is 4.71. The Morgan fingerprint density at radius 1 is 1.26 bits per heavy atom. The third-order valence-corrected chi connectivity index (χ3v) is 6.27. The summed E-state index contributed by atoms with van der Waals surface area (Å²) in [6.07, 6.45) is 6.09. The molecule has 0 saturated carbocycles. The van der Waals surface area contributed by atoms with Gasteiger partial charge in [-0.25, -0.2) is 4.79 Å². The van der Waals surface area contributed by atoms with Crippen molar-refractivity contribution in [2.24, 2.45) is 0 Å². The van der Waals surface area contributed by atoms with Crippen LogP contribution in [0.25, 0.3) is 0 Å². The highest BCUT2D eigenvalue weighted by molar-refractivity contribution is 7.99. The van der Waals surface area contributed by atoms with Crippen LogP contribution in [-0.4, -0.2) is 41.9 Å². The summed E-state index contributed by atoms with van der Waals surface area (Å²) in [4.78, 5) is 16.0. The topological polar surface area (TPSA) is 44.4 Å². The van der Waals surface area contributed by atoms with Crippen molar-refractivity contribution in [1.82, 2.24) is 10.2 Å². The van der Waals surface area contributed by atoms with E-state index in [9.17, 15) is 4.79 Å². The number of hydrogen-bond acceptors (Lipinski definition) is 3. The fourth-order valence-electron chi connectivity index (χ4n) is 3.83. The molecule has 0 spiro atoms. The molecule has 3 rings (SSSR count). The number of carbonyl (C=O) groups excluding carboxylic acids is 1. The van der Waals surface area contributed by atoms with Gasteiger partial charge in [0.15, 0.2) is 0 Å². The number of anilines is 1. The van der Waals surface area contributed by atoms with Gasteiger partial charge >= 0.3 is 6.03 Å². The quantitative estimate of drug-likeness (QED) is 0.775. The summed E-state index contributed by atoms with van der Waals surface area (Å²) in [5.41, 5.74) is 1.14. The predicted octanol–water partition coefficient (Wildman–Crippen LogP) is 3.94. The molecule has 2 aliphatic rings. The van der Waals surface area contributed by atoms with Crippen LogP contribution in [-0.2, 0) is 0 Å². The second-order valence-corrected chi connectivity index (χ2v) is 7.71. The molecule has 0 aliphatic carbocycles. The van der Waals surface area contributed by atoms with Crippen LogP contribution in [0.15, 0.2) is 29.2 Å². The van der Waals surface area contributed by atoms with E-state index >= 15 is 0 Å². The van der Waals surface area contributed by atoms with Crippen molar-refractivity contribution in [1.29, 1.82) is 0 Å². The van der Waals surface area contributed by atoms with Gasteiger partial charge in [0, 0.05) is 17.0 Å². The number of thioether (sulfide) groups is 1. The average molecular weight is 334 g/mol. The maximum absolute atomic E-state index is 12.3. The van der Waals surface area contributed by atoms with Gasteiger partial charge in [-0.1, -0.05) is 19.1 Å². The van der Waals surface area contributed by atoms with Crippen LogP contribution in [0.4, 0.5) is 10.5 Å². The van der Waals surface area contributed by atoms with E-state index in [2.05, 4.69) is 28.5 Å². The summed E-state index contributed by atoms with van der Waals surface area (Å²) in [7, 11) is 0. The third kappa shape index (κ3) is 3.83. The molecule has 0 unspecified atom stereocenters. The Balaban J connectivity index is 1.55. The van der Waals surface area contributed by atoms with E-state index in [0.717, 1.165) is 29.3 Å². The molecule has 1 aromatic carbocycles. The molecule has 126 valence electrons. The highest BCUT2D eigenvalue weighted by atomic mass is 32.2. The molecule has 0 aromatic heterocycles. The highest BCUT2D eigenvalue weighted by Crippen LogP contribution is 2.38. The number of amides is 2. The molecule has 0 radical (unpaired) electrons. The van der Waals surface area contributed by atoms with Crippen LogP contribution in [0.1, 0.15) is 39.0 Å². The standard InChI is InChI=1S/C18H27N3OS/c1-2-13-23-16-8-4-3-7-15(16)20-17(22)19-14-18-9-5-11-21(18)12-6-10-18/h3-4,7-8H,2,5-6,9-14H2,1H3,(H2,19,20,22). The Hall–Kier alpha value is -1.20. The lowest BCUT2D eigenvalue weighted by molar-refractivity contribution is 0.189. The summed E-state index contributed by atoms with van der Waals surface area (Å²) in [6, 6.07) is 7.97. The minimum atomic E-state index is -0.0809. The molecule has 0 atom stereocenters. The van der Waals surface area contributed by atoms with E-state index in [1.165, 1.54) is 38.8 Å². The number of rotatable bonds is 6. The van der Waals surface area contributed by atoms with E-state index in [1.807, 2.05) is 18.2 Å². The van der Waals surface area contributed by atoms with Crippen LogP contribution in [0, 0.1) is 0 Å². The van der Waals surface area contributed by atoms with Crippen molar-refractivity contribution >= 4 is 23.5 Å². The van der Waals surface area contributed by atoms with Crippen molar-refractivity contribution < 1.29 is 4.79 Å². The van der Waals surface area contributed by atoms with Gasteiger partial charge in [-0.15, -0.1) is 11.8 Å². The number of carbonyl (C=O) groups is 1. The van der Waals surface area contributed by atoms with Crippen molar-refractivity contribution in [3.63, 3.8) is 0 Å². The summed E-state index contributed by atoms with van der Waals surface area (Å²) in [5, 5.41) is 6.15. The van der Waals surface area contributed by atoms with Gasteiger partial charge in [-0.05, 0) is 63.1 Å². The van der Waals surface area contributed by atoms with Crippen molar-refractivity contribution in [3.8, 4) is 0 Å². The van der Waals surface area contributed by atoms with Crippen molar-refractivity contribution in [3.05, 3.63) is 24.3 Å². The minimum Gasteiger partial charge on any atom is -0.336 e. The highest BCUT2D eigenvalue weighted by Gasteiger charge is 2.44. The van der Waals surface area contributed by atoms with Gasteiger partial charge in [0.05, 0.1) is 5.69 Å². The van der Waals surface area contributed by atoms with Gasteiger partial charge in [0.2, 0.25) is 0 Å². The lowest BCUT2D eigenvalue weighted by Crippen LogP contribution is -2.49. The molecule has 4 nitrogen and oxygen atoms in total. The van der Waals surface area contributed by atoms with Gasteiger partial charge in [-0.2, -0.15) is 0 Å². The van der Waals surface area contributed by atoms with Crippen LogP contribution in [0.2, 0.25) is 0 Å². The molecule has 2 amide bonds. The molecule has 2 saturated heterocycles. The lowest BCUT2D eigenvalue weighted by Gasteiger charge is -2.32. The zero-order chi connectivity index (χ0) is 16.1. The summed E-state index contributed by atoms with van der Waals surface area (Å²) < 4.78 is 0. The normalized spacial score (nSPS) is 19.5. The lowest BCUT2D eigenvalue weighted by atomic mass is 9.94. The Morgan fingerprint density at radius 2 is 2.00 bits per heavy atom. The van der Waals surface area contributed by atoms with Crippen LogP contribution in [0.3, 0.4) is 0 Å². The molecule has 1 aromatic rings. The molecule has 2 fully saturated rings. The number of hydrogen-bond donors (Lipinski definition) is 2. The second kappa shape index (κ2) is 7.58. The monoisotopic (exact) mass is 333 g/mol. The average Bonchev–Trinajstić information content (AvgIpc) is 3.12. The van der Waals surface area contributed by atoms with Gasteiger partial charge in [0.1, 0.15) is 0 Å². The Kier molecular flexibility index (Phi) is 5.49. The first-order chi connectivity index (χ1) is 11.2. The fraction of sp³-hybridized carbons (Fsp3) is 0.611. The largest absolute Gasteiger partial charge is 0.336 e. The summed E-state index contributed by atoms with van der Waals surface area (Å²) in [5.74, 6) is 1.07. The molecular weight excluding hydrogens is 306 g/mol. The minimum absolute atomic E-state index is 0.0809. The van der Waals surface area contributed by atoms with Crippen LogP contribution >= 0.6 is 11.8 Å². The molecule has 2 heterocycles. The molecule has 2 N–H and O–H groups in total. The smallest absolute Gasteiger partial charge is 0.319 e. The molecule has 5 heteroatoms. The summed E-state index contributed by atoms with van der Waals surface area (Å²) in [6.45, 7) is 5.33. The maximum atomic E-state index is 12.3. The van der Waals surface area contributed by atoms with Gasteiger partial charge in [0.25, 0.3) is 0 Å². The van der Waals surface area contributed by atoms with E-state index in [4.69, 9.17) is 0 Å². The number of urea groups is 1. The Labute approximate surface area is 143 Å². The van der Waals surface area contributed by atoms with Gasteiger partial charge in [-0.3, -0.25) is 4.90 Å². The first-order valence-electron chi connectivity index (χ1n) is 8.75. The van der Waals surface area contributed by atoms with Crippen LogP contribution < -0.4 is 10.6 Å². The van der Waals surface area contributed by atoms with E-state index in [-0.39, 0.29) is 11.6 Å². The Morgan fingerprint density at radius 3 is 2.74 bits per heavy atom. The molecule has 2 aliphatic heterocycles. The first kappa shape index (κ1) is 16.7. The number of nitrogens with zero attached hydrogens (tertiary/aromatic N) is 1. The van der Waals surface area contributed by atoms with Crippen molar-refractivity contribution in [2.45, 2.75) is 49.5 Å². The molecular formula is C18H27N3OS. The predicted molar refractivity (Wildman–Crippen MR) is 97.3 cm³/mol. The molecule has 23 heavy (non-hydrogen) atoms. The number of fused-ring (bicyclic) bond motifs is 1. The zero-order valence-electron chi connectivity index (χ0n) is 13.9. The number of para-hydroxylation sites is 1. The van der Waals surface area contributed by atoms with E-state index < -0.39 is 0 Å².